The zero-order valence-corrected chi connectivity index (χ0v) is 11.5. The lowest BCUT2D eigenvalue weighted by molar-refractivity contribution is 0.380. The van der Waals surface area contributed by atoms with Crippen LogP contribution in [-0.2, 0) is 6.54 Å². The first kappa shape index (κ1) is 13.4. The molecule has 0 bridgehead atoms. The van der Waals surface area contributed by atoms with E-state index in [0.717, 1.165) is 18.0 Å². The lowest BCUT2D eigenvalue weighted by atomic mass is 9.99. The topological polar surface area (TPSA) is 35.8 Å². The standard InChI is InChI=1S/C15H19ClN2/c1-11(13-4-2-3-5-13)18-10-14-7-6-12(9-17)8-15(14)16/h6-8,11,13,18H,2-5,10H2,1H3/t11-/m0/s1. The summed E-state index contributed by atoms with van der Waals surface area (Å²) in [7, 11) is 0. The highest BCUT2D eigenvalue weighted by Gasteiger charge is 2.21. The van der Waals surface area contributed by atoms with Crippen molar-refractivity contribution in [1.82, 2.24) is 5.32 Å². The lowest BCUT2D eigenvalue weighted by Crippen LogP contribution is -2.31. The maximum absolute atomic E-state index is 8.79. The predicted octanol–water partition coefficient (Wildman–Crippen LogP) is 3.88. The molecule has 1 saturated carbocycles. The molecule has 0 saturated heterocycles. The molecule has 0 heterocycles. The zero-order valence-electron chi connectivity index (χ0n) is 10.7. The predicted molar refractivity (Wildman–Crippen MR) is 74.4 cm³/mol. The van der Waals surface area contributed by atoms with Gasteiger partial charge in [-0.3, -0.25) is 0 Å². The van der Waals surface area contributed by atoms with E-state index in [4.69, 9.17) is 16.9 Å². The quantitative estimate of drug-likeness (QED) is 0.894. The van der Waals surface area contributed by atoms with Gasteiger partial charge in [0.25, 0.3) is 0 Å². The van der Waals surface area contributed by atoms with Crippen molar-refractivity contribution < 1.29 is 0 Å². The summed E-state index contributed by atoms with van der Waals surface area (Å²) < 4.78 is 0. The molecule has 2 rings (SSSR count). The van der Waals surface area contributed by atoms with Gasteiger partial charge in [-0.15, -0.1) is 0 Å². The highest BCUT2D eigenvalue weighted by atomic mass is 35.5. The van der Waals surface area contributed by atoms with E-state index < -0.39 is 0 Å². The molecule has 18 heavy (non-hydrogen) atoms. The first-order valence-corrected chi connectivity index (χ1v) is 7.00. The monoisotopic (exact) mass is 262 g/mol. The molecular weight excluding hydrogens is 244 g/mol. The molecule has 0 radical (unpaired) electrons. The van der Waals surface area contributed by atoms with E-state index in [0.29, 0.717) is 16.6 Å². The summed E-state index contributed by atoms with van der Waals surface area (Å²) in [6.45, 7) is 3.04. The van der Waals surface area contributed by atoms with Crippen molar-refractivity contribution in [2.45, 2.75) is 45.2 Å². The first-order chi connectivity index (χ1) is 8.70. The molecule has 1 fully saturated rings. The SMILES string of the molecule is C[C@H](NCc1ccc(C#N)cc1Cl)C1CCCC1. The van der Waals surface area contributed by atoms with E-state index >= 15 is 0 Å². The fraction of sp³-hybridized carbons (Fsp3) is 0.533. The number of hydrogen-bond donors (Lipinski definition) is 1. The molecule has 1 aliphatic carbocycles. The minimum Gasteiger partial charge on any atom is -0.310 e. The Morgan fingerprint density at radius 2 is 2.17 bits per heavy atom. The average Bonchev–Trinajstić information content (AvgIpc) is 2.90. The van der Waals surface area contributed by atoms with Crippen LogP contribution in [0.1, 0.15) is 43.7 Å². The Labute approximate surface area is 114 Å². The minimum absolute atomic E-state index is 0.541. The van der Waals surface area contributed by atoms with E-state index in [1.807, 2.05) is 12.1 Å². The second-order valence-electron chi connectivity index (χ2n) is 5.13. The molecule has 2 nitrogen and oxygen atoms in total. The van der Waals surface area contributed by atoms with Crippen LogP contribution in [0.3, 0.4) is 0 Å². The lowest BCUT2D eigenvalue weighted by Gasteiger charge is -2.20. The third-order valence-electron chi connectivity index (χ3n) is 3.90. The van der Waals surface area contributed by atoms with Gasteiger partial charge in [-0.25, -0.2) is 0 Å². The van der Waals surface area contributed by atoms with Gasteiger partial charge in [0.1, 0.15) is 0 Å². The molecule has 3 heteroatoms. The second kappa shape index (κ2) is 6.22. The molecule has 0 amide bonds. The van der Waals surface area contributed by atoms with Gasteiger partial charge in [-0.1, -0.05) is 30.5 Å². The van der Waals surface area contributed by atoms with Crippen LogP contribution < -0.4 is 5.32 Å². The summed E-state index contributed by atoms with van der Waals surface area (Å²) >= 11 is 6.16. The summed E-state index contributed by atoms with van der Waals surface area (Å²) in [5.41, 5.74) is 1.69. The van der Waals surface area contributed by atoms with Crippen molar-refractivity contribution in [1.29, 1.82) is 5.26 Å². The molecule has 0 unspecified atom stereocenters. The molecule has 0 aromatic heterocycles. The maximum atomic E-state index is 8.79. The molecule has 1 aromatic rings. The summed E-state index contributed by atoms with van der Waals surface area (Å²) in [6.07, 6.45) is 5.42. The van der Waals surface area contributed by atoms with Crippen molar-refractivity contribution in [3.63, 3.8) is 0 Å². The molecular formula is C15H19ClN2. The number of nitrogens with zero attached hydrogens (tertiary/aromatic N) is 1. The van der Waals surface area contributed by atoms with Crippen LogP contribution in [-0.4, -0.2) is 6.04 Å². The van der Waals surface area contributed by atoms with Crippen LogP contribution in [0.5, 0.6) is 0 Å². The van der Waals surface area contributed by atoms with Gasteiger partial charge in [0, 0.05) is 17.6 Å². The van der Waals surface area contributed by atoms with Gasteiger partial charge in [0.2, 0.25) is 0 Å². The number of nitriles is 1. The van der Waals surface area contributed by atoms with Crippen LogP contribution >= 0.6 is 11.6 Å². The van der Waals surface area contributed by atoms with Gasteiger partial charge in [-0.05, 0) is 43.4 Å². The first-order valence-electron chi connectivity index (χ1n) is 6.62. The molecule has 0 spiro atoms. The van der Waals surface area contributed by atoms with E-state index in [1.165, 1.54) is 25.7 Å². The van der Waals surface area contributed by atoms with Crippen molar-refractivity contribution in [3.8, 4) is 6.07 Å². The summed E-state index contributed by atoms with van der Waals surface area (Å²) in [4.78, 5) is 0. The van der Waals surface area contributed by atoms with Crippen LogP contribution in [0.4, 0.5) is 0 Å². The highest BCUT2D eigenvalue weighted by molar-refractivity contribution is 6.31. The number of rotatable bonds is 4. The van der Waals surface area contributed by atoms with Crippen molar-refractivity contribution >= 4 is 11.6 Å². The third kappa shape index (κ3) is 3.25. The largest absolute Gasteiger partial charge is 0.310 e. The Hall–Kier alpha value is -1.04. The molecule has 1 atom stereocenters. The normalized spacial score (nSPS) is 17.6. The van der Waals surface area contributed by atoms with E-state index in [9.17, 15) is 0 Å². The third-order valence-corrected chi connectivity index (χ3v) is 4.26. The summed E-state index contributed by atoms with van der Waals surface area (Å²) in [5.74, 6) is 0.808. The van der Waals surface area contributed by atoms with Gasteiger partial charge in [0.15, 0.2) is 0 Å². The Morgan fingerprint density at radius 1 is 1.44 bits per heavy atom. The molecule has 0 aliphatic heterocycles. The average molecular weight is 263 g/mol. The maximum Gasteiger partial charge on any atom is 0.0992 e. The summed E-state index contributed by atoms with van der Waals surface area (Å²) in [5, 5.41) is 13.0. The van der Waals surface area contributed by atoms with E-state index in [2.05, 4.69) is 18.3 Å². The van der Waals surface area contributed by atoms with Crippen molar-refractivity contribution in [2.24, 2.45) is 5.92 Å². The van der Waals surface area contributed by atoms with Crippen LogP contribution in [0.25, 0.3) is 0 Å². The summed E-state index contributed by atoms with van der Waals surface area (Å²) in [6, 6.07) is 8.14. The minimum atomic E-state index is 0.541. The van der Waals surface area contributed by atoms with Gasteiger partial charge < -0.3 is 5.32 Å². The van der Waals surface area contributed by atoms with Gasteiger partial charge in [-0.2, -0.15) is 5.26 Å². The second-order valence-corrected chi connectivity index (χ2v) is 5.54. The number of nitrogens with one attached hydrogen (secondary N) is 1. The van der Waals surface area contributed by atoms with Gasteiger partial charge >= 0.3 is 0 Å². The van der Waals surface area contributed by atoms with E-state index in [1.54, 1.807) is 6.07 Å². The molecule has 1 aromatic carbocycles. The van der Waals surface area contributed by atoms with E-state index in [-0.39, 0.29) is 0 Å². The van der Waals surface area contributed by atoms with Crippen molar-refractivity contribution in [3.05, 3.63) is 34.3 Å². The Morgan fingerprint density at radius 3 is 2.78 bits per heavy atom. The smallest absolute Gasteiger partial charge is 0.0992 e. The fourth-order valence-corrected chi connectivity index (χ4v) is 2.90. The van der Waals surface area contributed by atoms with Crippen LogP contribution in [0, 0.1) is 17.2 Å². The molecule has 1 N–H and O–H groups in total. The Bertz CT molecular complexity index is 444. The Balaban J connectivity index is 1.91. The molecule has 96 valence electrons. The number of halogens is 1. The highest BCUT2D eigenvalue weighted by Crippen LogP contribution is 2.28. The fourth-order valence-electron chi connectivity index (χ4n) is 2.66. The number of benzene rings is 1. The zero-order chi connectivity index (χ0) is 13.0. The van der Waals surface area contributed by atoms with Crippen LogP contribution in [0.2, 0.25) is 5.02 Å². The van der Waals surface area contributed by atoms with Crippen LogP contribution in [0.15, 0.2) is 18.2 Å². The molecule has 1 aliphatic rings. The Kier molecular flexibility index (Phi) is 4.63. The van der Waals surface area contributed by atoms with Crippen molar-refractivity contribution in [2.75, 3.05) is 0 Å². The number of hydrogen-bond acceptors (Lipinski definition) is 2. The van der Waals surface area contributed by atoms with Gasteiger partial charge in [0.05, 0.1) is 11.6 Å².